The van der Waals surface area contributed by atoms with Crippen LogP contribution in [0.5, 0.6) is 0 Å². The fourth-order valence-corrected chi connectivity index (χ4v) is 3.46. The van der Waals surface area contributed by atoms with Gasteiger partial charge in [-0.25, -0.2) is 4.99 Å². The Bertz CT molecular complexity index is 930. The highest BCUT2D eigenvalue weighted by atomic mass is 127. The zero-order valence-corrected chi connectivity index (χ0v) is 20.9. The molecule has 0 aliphatic rings. The quantitative estimate of drug-likeness (QED) is 0.141. The lowest BCUT2D eigenvalue weighted by atomic mass is 10.2. The average molecular weight is 557 g/mol. The zero-order chi connectivity index (χ0) is 20.5. The minimum Gasteiger partial charge on any atom is -0.356 e. The molecule has 30 heavy (non-hydrogen) atoms. The summed E-state index contributed by atoms with van der Waals surface area (Å²) in [5.41, 5.74) is 1.17. The number of thioether (sulfide) groups is 1. The van der Waals surface area contributed by atoms with Crippen LogP contribution in [-0.2, 0) is 20.1 Å². The molecule has 0 spiro atoms. The fourth-order valence-electron chi connectivity index (χ4n) is 2.56. The summed E-state index contributed by atoms with van der Waals surface area (Å²) < 4.78 is 1.97. The Morgan fingerprint density at radius 3 is 2.47 bits per heavy atom. The van der Waals surface area contributed by atoms with Crippen molar-refractivity contribution in [3.05, 3.63) is 76.8 Å². The van der Waals surface area contributed by atoms with E-state index in [-0.39, 0.29) is 24.0 Å². The van der Waals surface area contributed by atoms with Crippen molar-refractivity contribution in [2.75, 3.05) is 12.3 Å². The molecule has 9 heteroatoms. The SMILES string of the molecule is Cc1nnc(CNC(=NCc2ccccc2)NCCSc2ccc(Cl)cc2)n1C.I. The summed E-state index contributed by atoms with van der Waals surface area (Å²) in [6, 6.07) is 18.1. The molecule has 0 saturated heterocycles. The number of hydrogen-bond acceptors (Lipinski definition) is 4. The van der Waals surface area contributed by atoms with Crippen LogP contribution in [0.1, 0.15) is 17.2 Å². The molecule has 1 heterocycles. The van der Waals surface area contributed by atoms with Gasteiger partial charge < -0.3 is 15.2 Å². The molecule has 0 fully saturated rings. The van der Waals surface area contributed by atoms with Gasteiger partial charge in [-0.3, -0.25) is 0 Å². The number of aliphatic imine (C=N–C) groups is 1. The standard InChI is InChI=1S/C21H25ClN6S.HI/c1-16-26-27-20(28(16)2)15-25-21(24-14-17-6-4-3-5-7-17)23-12-13-29-19-10-8-18(22)9-11-19;/h3-11H,12-15H2,1-2H3,(H2,23,24,25);1H. The first-order valence-electron chi connectivity index (χ1n) is 9.41. The van der Waals surface area contributed by atoms with E-state index < -0.39 is 0 Å². The average Bonchev–Trinajstić information content (AvgIpc) is 3.06. The van der Waals surface area contributed by atoms with Crippen molar-refractivity contribution in [1.29, 1.82) is 0 Å². The maximum atomic E-state index is 5.94. The number of aromatic nitrogens is 3. The number of hydrogen-bond donors (Lipinski definition) is 2. The molecule has 0 saturated carbocycles. The third-order valence-electron chi connectivity index (χ3n) is 4.34. The van der Waals surface area contributed by atoms with E-state index in [1.807, 2.05) is 61.0 Å². The molecular formula is C21H26ClIN6S. The van der Waals surface area contributed by atoms with Gasteiger partial charge in [-0.15, -0.1) is 45.9 Å². The minimum atomic E-state index is 0. The highest BCUT2D eigenvalue weighted by Gasteiger charge is 2.06. The maximum absolute atomic E-state index is 5.94. The molecule has 6 nitrogen and oxygen atoms in total. The molecule has 0 bridgehead atoms. The fraction of sp³-hybridized carbons (Fsp3) is 0.286. The highest BCUT2D eigenvalue weighted by Crippen LogP contribution is 2.19. The Balaban J connectivity index is 0.00000320. The summed E-state index contributed by atoms with van der Waals surface area (Å²) >= 11 is 7.72. The van der Waals surface area contributed by atoms with Gasteiger partial charge in [0, 0.05) is 29.3 Å². The molecule has 0 aliphatic heterocycles. The van der Waals surface area contributed by atoms with Crippen molar-refractivity contribution in [3.8, 4) is 0 Å². The summed E-state index contributed by atoms with van der Waals surface area (Å²) in [4.78, 5) is 5.91. The van der Waals surface area contributed by atoms with Gasteiger partial charge in [0.2, 0.25) is 0 Å². The van der Waals surface area contributed by atoms with E-state index in [1.54, 1.807) is 11.8 Å². The number of aryl methyl sites for hydroxylation is 1. The van der Waals surface area contributed by atoms with Crippen LogP contribution in [-0.4, -0.2) is 33.0 Å². The normalized spacial score (nSPS) is 11.1. The van der Waals surface area contributed by atoms with Gasteiger partial charge in [0.05, 0.1) is 13.1 Å². The third kappa shape index (κ3) is 7.81. The van der Waals surface area contributed by atoms with E-state index in [4.69, 9.17) is 16.6 Å². The predicted molar refractivity (Wildman–Crippen MR) is 136 cm³/mol. The zero-order valence-electron chi connectivity index (χ0n) is 17.0. The number of nitrogens with zero attached hydrogens (tertiary/aromatic N) is 4. The van der Waals surface area contributed by atoms with Crippen molar-refractivity contribution in [3.63, 3.8) is 0 Å². The Kier molecular flexibility index (Phi) is 10.5. The van der Waals surface area contributed by atoms with Crippen LogP contribution in [0.15, 0.2) is 64.5 Å². The van der Waals surface area contributed by atoms with E-state index >= 15 is 0 Å². The van der Waals surface area contributed by atoms with Crippen LogP contribution in [0.2, 0.25) is 5.02 Å². The molecule has 2 aromatic carbocycles. The van der Waals surface area contributed by atoms with Crippen LogP contribution in [0.3, 0.4) is 0 Å². The molecule has 0 atom stereocenters. The number of rotatable bonds is 8. The third-order valence-corrected chi connectivity index (χ3v) is 5.60. The van der Waals surface area contributed by atoms with E-state index in [0.29, 0.717) is 13.1 Å². The van der Waals surface area contributed by atoms with Gasteiger partial charge in [-0.2, -0.15) is 0 Å². The van der Waals surface area contributed by atoms with E-state index in [2.05, 4.69) is 33.0 Å². The molecule has 0 radical (unpaired) electrons. The van der Waals surface area contributed by atoms with Crippen molar-refractivity contribution in [2.24, 2.45) is 12.0 Å². The largest absolute Gasteiger partial charge is 0.356 e. The Labute approximate surface area is 203 Å². The molecule has 3 aromatic rings. The smallest absolute Gasteiger partial charge is 0.192 e. The van der Waals surface area contributed by atoms with E-state index in [9.17, 15) is 0 Å². The summed E-state index contributed by atoms with van der Waals surface area (Å²) in [7, 11) is 1.96. The predicted octanol–water partition coefficient (Wildman–Crippen LogP) is 4.42. The molecule has 0 amide bonds. The molecule has 0 aliphatic carbocycles. The number of benzene rings is 2. The van der Waals surface area contributed by atoms with E-state index in [1.165, 1.54) is 10.5 Å². The van der Waals surface area contributed by atoms with Gasteiger partial charge in [0.1, 0.15) is 5.82 Å². The molecule has 3 rings (SSSR count). The van der Waals surface area contributed by atoms with Crippen molar-refractivity contribution in [1.82, 2.24) is 25.4 Å². The summed E-state index contributed by atoms with van der Waals surface area (Å²) in [5.74, 6) is 3.42. The highest BCUT2D eigenvalue weighted by molar-refractivity contribution is 14.0. The lowest BCUT2D eigenvalue weighted by Gasteiger charge is -2.12. The second kappa shape index (κ2) is 12.8. The second-order valence-corrected chi connectivity index (χ2v) is 8.06. The maximum Gasteiger partial charge on any atom is 0.192 e. The lowest BCUT2D eigenvalue weighted by Crippen LogP contribution is -2.38. The van der Waals surface area contributed by atoms with Gasteiger partial charge in [-0.05, 0) is 36.8 Å². The Morgan fingerprint density at radius 1 is 1.07 bits per heavy atom. The Hall–Kier alpha value is -1.78. The van der Waals surface area contributed by atoms with Crippen LogP contribution in [0, 0.1) is 6.92 Å². The number of nitrogens with one attached hydrogen (secondary N) is 2. The van der Waals surface area contributed by atoms with Crippen LogP contribution in [0.25, 0.3) is 0 Å². The Morgan fingerprint density at radius 2 is 1.80 bits per heavy atom. The molecule has 1 aromatic heterocycles. The lowest BCUT2D eigenvalue weighted by molar-refractivity contribution is 0.719. The van der Waals surface area contributed by atoms with Crippen LogP contribution in [0.4, 0.5) is 0 Å². The summed E-state index contributed by atoms with van der Waals surface area (Å²) in [5, 5.41) is 15.8. The van der Waals surface area contributed by atoms with Crippen molar-refractivity contribution in [2.45, 2.75) is 24.9 Å². The first-order chi connectivity index (χ1) is 14.1. The van der Waals surface area contributed by atoms with Crippen molar-refractivity contribution < 1.29 is 0 Å². The summed E-state index contributed by atoms with van der Waals surface area (Å²) in [6.07, 6.45) is 0. The van der Waals surface area contributed by atoms with Gasteiger partial charge in [0.15, 0.2) is 11.8 Å². The molecule has 0 unspecified atom stereocenters. The number of guanidine groups is 1. The summed E-state index contributed by atoms with van der Waals surface area (Å²) in [6.45, 7) is 3.89. The minimum absolute atomic E-state index is 0. The van der Waals surface area contributed by atoms with Crippen molar-refractivity contribution >= 4 is 53.3 Å². The van der Waals surface area contributed by atoms with E-state index in [0.717, 1.165) is 34.9 Å². The number of halogens is 2. The van der Waals surface area contributed by atoms with Gasteiger partial charge >= 0.3 is 0 Å². The molecular weight excluding hydrogens is 531 g/mol. The first kappa shape index (κ1) is 24.5. The van der Waals surface area contributed by atoms with Crippen LogP contribution >= 0.6 is 47.3 Å². The second-order valence-electron chi connectivity index (χ2n) is 6.46. The van der Waals surface area contributed by atoms with Gasteiger partial charge in [-0.1, -0.05) is 41.9 Å². The monoisotopic (exact) mass is 556 g/mol. The molecule has 2 N–H and O–H groups in total. The van der Waals surface area contributed by atoms with Crippen LogP contribution < -0.4 is 10.6 Å². The first-order valence-corrected chi connectivity index (χ1v) is 10.8. The molecule has 160 valence electrons. The topological polar surface area (TPSA) is 67.1 Å². The van der Waals surface area contributed by atoms with Gasteiger partial charge in [0.25, 0.3) is 0 Å².